The van der Waals surface area contributed by atoms with E-state index in [-0.39, 0.29) is 24.1 Å². The summed E-state index contributed by atoms with van der Waals surface area (Å²) >= 11 is 1.20. The number of hydrogen-bond acceptors (Lipinski definition) is 5. The Morgan fingerprint density at radius 3 is 2.67 bits per heavy atom. The van der Waals surface area contributed by atoms with E-state index in [1.165, 1.54) is 40.9 Å². The number of carbonyl (C=O) groups excluding carboxylic acids is 2. The van der Waals surface area contributed by atoms with Crippen molar-refractivity contribution < 1.29 is 18.7 Å². The lowest BCUT2D eigenvalue weighted by Crippen LogP contribution is -2.43. The molecule has 0 aromatic heterocycles. The molecule has 2 aromatic rings. The lowest BCUT2D eigenvalue weighted by atomic mass is 10.2. The van der Waals surface area contributed by atoms with Crippen molar-refractivity contribution in [1.29, 1.82) is 0 Å². The van der Waals surface area contributed by atoms with E-state index in [0.29, 0.717) is 22.3 Å². The number of hydrogen-bond donors (Lipinski definition) is 1. The maximum atomic E-state index is 13.0. The number of aliphatic imine (C=N–C) groups is 1. The molecule has 140 valence electrons. The lowest BCUT2D eigenvalue weighted by Gasteiger charge is -2.29. The van der Waals surface area contributed by atoms with Crippen molar-refractivity contribution in [2.75, 3.05) is 19.5 Å². The minimum atomic E-state index is -0.632. The van der Waals surface area contributed by atoms with Crippen molar-refractivity contribution in [3.05, 3.63) is 54.3 Å². The fourth-order valence-electron chi connectivity index (χ4n) is 2.48. The second kappa shape index (κ2) is 8.22. The first kappa shape index (κ1) is 18.9. The van der Waals surface area contributed by atoms with Crippen molar-refractivity contribution in [2.45, 2.75) is 11.7 Å². The molecule has 0 bridgehead atoms. The van der Waals surface area contributed by atoms with Crippen LogP contribution in [-0.2, 0) is 9.59 Å². The maximum Gasteiger partial charge on any atom is 0.238 e. The summed E-state index contributed by atoms with van der Waals surface area (Å²) < 4.78 is 18.3. The normalized spacial score (nSPS) is 18.5. The first-order chi connectivity index (χ1) is 13.0. The summed E-state index contributed by atoms with van der Waals surface area (Å²) in [5.74, 6) is -0.352. The minimum absolute atomic E-state index is 0.0547. The van der Waals surface area contributed by atoms with Gasteiger partial charge in [-0.1, -0.05) is 23.9 Å². The second-order valence-corrected chi connectivity index (χ2v) is 7.00. The molecule has 1 aliphatic heterocycles. The highest BCUT2D eigenvalue weighted by Crippen LogP contribution is 2.32. The average Bonchev–Trinajstić information content (AvgIpc) is 2.67. The van der Waals surface area contributed by atoms with Crippen LogP contribution in [0.5, 0.6) is 5.75 Å². The number of rotatable bonds is 4. The zero-order valence-corrected chi connectivity index (χ0v) is 15.6. The van der Waals surface area contributed by atoms with Gasteiger partial charge in [-0.3, -0.25) is 14.5 Å². The third-order valence-electron chi connectivity index (χ3n) is 3.97. The van der Waals surface area contributed by atoms with Gasteiger partial charge in [0.1, 0.15) is 22.5 Å². The van der Waals surface area contributed by atoms with E-state index < -0.39 is 5.25 Å². The lowest BCUT2D eigenvalue weighted by molar-refractivity contribution is -0.128. The van der Waals surface area contributed by atoms with Crippen LogP contribution in [0.25, 0.3) is 0 Å². The largest absolute Gasteiger partial charge is 0.494 e. The zero-order chi connectivity index (χ0) is 19.4. The molecule has 1 saturated heterocycles. The number of carbonyl (C=O) groups is 2. The highest BCUT2D eigenvalue weighted by Gasteiger charge is 2.34. The smallest absolute Gasteiger partial charge is 0.238 e. The van der Waals surface area contributed by atoms with Crippen LogP contribution in [0.2, 0.25) is 0 Å². The van der Waals surface area contributed by atoms with Crippen LogP contribution in [0.1, 0.15) is 6.42 Å². The van der Waals surface area contributed by atoms with Crippen molar-refractivity contribution in [2.24, 2.45) is 4.99 Å². The molecule has 0 aliphatic carbocycles. The van der Waals surface area contributed by atoms with Crippen molar-refractivity contribution in [3.63, 3.8) is 0 Å². The second-order valence-electron chi connectivity index (χ2n) is 5.83. The Balaban J connectivity index is 1.80. The van der Waals surface area contributed by atoms with E-state index in [4.69, 9.17) is 4.74 Å². The summed E-state index contributed by atoms with van der Waals surface area (Å²) in [6.45, 7) is 0. The zero-order valence-electron chi connectivity index (χ0n) is 14.8. The Bertz CT molecular complexity index is 886. The predicted octanol–water partition coefficient (Wildman–Crippen LogP) is 3.42. The Kier molecular flexibility index (Phi) is 5.75. The van der Waals surface area contributed by atoms with Crippen molar-refractivity contribution >= 4 is 40.1 Å². The standard InChI is InChI=1S/C19H18FN3O3S/c1-23-17(24)11-16(18(25)21-13-9-7-12(20)8-10-13)27-19(23)22-14-5-3-4-6-15(14)26-2/h3-10,16H,11H2,1-2H3,(H,21,25)/t16-/m0/s1. The summed E-state index contributed by atoms with van der Waals surface area (Å²) in [7, 11) is 3.17. The molecule has 0 unspecified atom stereocenters. The van der Waals surface area contributed by atoms with Gasteiger partial charge in [0, 0.05) is 19.2 Å². The number of amides is 2. The van der Waals surface area contributed by atoms with Gasteiger partial charge < -0.3 is 10.1 Å². The molecule has 6 nitrogen and oxygen atoms in total. The third-order valence-corrected chi connectivity index (χ3v) is 5.22. The van der Waals surface area contributed by atoms with Crippen LogP contribution in [0, 0.1) is 5.82 Å². The summed E-state index contributed by atoms with van der Waals surface area (Å²) in [5, 5.41) is 2.48. The van der Waals surface area contributed by atoms with Gasteiger partial charge in [0.15, 0.2) is 5.17 Å². The fraction of sp³-hybridized carbons (Fsp3) is 0.211. The molecule has 8 heteroatoms. The highest BCUT2D eigenvalue weighted by molar-refractivity contribution is 8.15. The topological polar surface area (TPSA) is 71.0 Å². The number of nitrogens with zero attached hydrogens (tertiary/aromatic N) is 2. The van der Waals surface area contributed by atoms with Crippen LogP contribution in [0.4, 0.5) is 15.8 Å². The Labute approximate surface area is 160 Å². The van der Waals surface area contributed by atoms with E-state index >= 15 is 0 Å². The molecule has 1 heterocycles. The molecule has 0 spiro atoms. The molecular weight excluding hydrogens is 369 g/mol. The average molecular weight is 387 g/mol. The molecule has 2 aromatic carbocycles. The SMILES string of the molecule is COc1ccccc1N=C1S[C@H](C(=O)Nc2ccc(F)cc2)CC(=O)N1C. The predicted molar refractivity (Wildman–Crippen MR) is 104 cm³/mol. The molecule has 2 amide bonds. The van der Waals surface area contributed by atoms with Crippen LogP contribution in [0.3, 0.4) is 0 Å². The van der Waals surface area contributed by atoms with E-state index in [2.05, 4.69) is 10.3 Å². The third kappa shape index (κ3) is 4.46. The number of para-hydroxylation sites is 2. The van der Waals surface area contributed by atoms with E-state index in [1.54, 1.807) is 26.3 Å². The number of nitrogens with one attached hydrogen (secondary N) is 1. The summed E-state index contributed by atoms with van der Waals surface area (Å²) in [4.78, 5) is 30.8. The molecule has 27 heavy (non-hydrogen) atoms. The van der Waals surface area contributed by atoms with Gasteiger partial charge in [0.2, 0.25) is 11.8 Å². The van der Waals surface area contributed by atoms with E-state index in [9.17, 15) is 14.0 Å². The van der Waals surface area contributed by atoms with Gasteiger partial charge in [-0.15, -0.1) is 0 Å². The number of methoxy groups -OCH3 is 1. The van der Waals surface area contributed by atoms with Gasteiger partial charge >= 0.3 is 0 Å². The fourth-order valence-corrected chi connectivity index (χ4v) is 3.54. The number of amidine groups is 1. The van der Waals surface area contributed by atoms with Gasteiger partial charge in [0.05, 0.1) is 7.11 Å². The number of ether oxygens (including phenoxy) is 1. The van der Waals surface area contributed by atoms with Gasteiger partial charge in [-0.2, -0.15) is 0 Å². The first-order valence-corrected chi connectivity index (χ1v) is 9.07. The van der Waals surface area contributed by atoms with E-state index in [0.717, 1.165) is 0 Å². The summed E-state index contributed by atoms with van der Waals surface area (Å²) in [6, 6.07) is 12.6. The molecule has 1 atom stereocenters. The Morgan fingerprint density at radius 2 is 1.96 bits per heavy atom. The Hall–Kier alpha value is -2.87. The quantitative estimate of drug-likeness (QED) is 0.873. The molecule has 1 aliphatic rings. The molecule has 0 saturated carbocycles. The number of anilines is 1. The van der Waals surface area contributed by atoms with Crippen LogP contribution >= 0.6 is 11.8 Å². The number of benzene rings is 2. The van der Waals surface area contributed by atoms with Gasteiger partial charge in [0.25, 0.3) is 0 Å². The highest BCUT2D eigenvalue weighted by atomic mass is 32.2. The number of halogens is 1. The van der Waals surface area contributed by atoms with Crippen LogP contribution in [-0.4, -0.2) is 41.3 Å². The van der Waals surface area contributed by atoms with Gasteiger partial charge in [-0.05, 0) is 36.4 Å². The molecule has 0 radical (unpaired) electrons. The molecule has 3 rings (SSSR count). The van der Waals surface area contributed by atoms with Crippen LogP contribution in [0.15, 0.2) is 53.5 Å². The summed E-state index contributed by atoms with van der Waals surface area (Å²) in [6.07, 6.45) is 0.0547. The molecular formula is C19H18FN3O3S. The van der Waals surface area contributed by atoms with Crippen molar-refractivity contribution in [1.82, 2.24) is 4.90 Å². The number of thioether (sulfide) groups is 1. The van der Waals surface area contributed by atoms with Crippen molar-refractivity contribution in [3.8, 4) is 5.75 Å². The first-order valence-electron chi connectivity index (χ1n) is 8.19. The molecule has 1 fully saturated rings. The van der Waals surface area contributed by atoms with E-state index in [1.807, 2.05) is 12.1 Å². The van der Waals surface area contributed by atoms with Crippen LogP contribution < -0.4 is 10.1 Å². The minimum Gasteiger partial charge on any atom is -0.494 e. The molecule has 1 N–H and O–H groups in total. The van der Waals surface area contributed by atoms with Gasteiger partial charge in [-0.25, -0.2) is 9.38 Å². The monoisotopic (exact) mass is 387 g/mol. The maximum absolute atomic E-state index is 13.0. The Morgan fingerprint density at radius 1 is 1.26 bits per heavy atom. The summed E-state index contributed by atoms with van der Waals surface area (Å²) in [5.41, 5.74) is 1.04.